The second-order valence-corrected chi connectivity index (χ2v) is 14.9. The Morgan fingerprint density at radius 2 is 1.77 bits per heavy atom. The Labute approximate surface area is 183 Å². The van der Waals surface area contributed by atoms with E-state index in [1.807, 2.05) is 44.2 Å². The summed E-state index contributed by atoms with van der Waals surface area (Å²) in [6.45, 7) is 17.2. The average Bonchev–Trinajstić information content (AvgIpc) is 2.94. The zero-order valence-corrected chi connectivity index (χ0v) is 20.7. The van der Waals surface area contributed by atoms with E-state index in [0.29, 0.717) is 32.9 Å². The lowest BCUT2D eigenvalue weighted by Gasteiger charge is -2.36. The van der Waals surface area contributed by atoms with Crippen LogP contribution >= 0.6 is 0 Å². The van der Waals surface area contributed by atoms with E-state index in [0.717, 1.165) is 5.56 Å². The van der Waals surface area contributed by atoms with Crippen LogP contribution in [0.1, 0.15) is 40.2 Å². The minimum Gasteiger partial charge on any atom is -0.414 e. The van der Waals surface area contributed by atoms with Crippen LogP contribution in [0.25, 0.3) is 0 Å². The van der Waals surface area contributed by atoms with Crippen LogP contribution in [0.5, 0.6) is 0 Å². The number of nitrogens with one attached hydrogen (secondary N) is 1. The second-order valence-electron chi connectivity index (χ2n) is 10.1. The van der Waals surface area contributed by atoms with Crippen molar-refractivity contribution in [2.45, 2.75) is 83.5 Å². The van der Waals surface area contributed by atoms with E-state index in [1.54, 1.807) is 0 Å². The van der Waals surface area contributed by atoms with Crippen molar-refractivity contribution in [1.82, 2.24) is 5.32 Å². The maximum absolute atomic E-state index is 10.3. The Balaban J connectivity index is 1.73. The molecule has 0 aliphatic carbocycles. The summed E-state index contributed by atoms with van der Waals surface area (Å²) in [6, 6.07) is 10.1. The minimum atomic E-state index is -1.85. The van der Waals surface area contributed by atoms with Gasteiger partial charge in [-0.1, -0.05) is 51.1 Å². The summed E-state index contributed by atoms with van der Waals surface area (Å²) < 4.78 is 24.0. The minimum absolute atomic E-state index is 0.133. The van der Waals surface area contributed by atoms with Crippen molar-refractivity contribution in [2.75, 3.05) is 26.3 Å². The first-order chi connectivity index (χ1) is 13.9. The highest BCUT2D eigenvalue weighted by Gasteiger charge is 2.41. The van der Waals surface area contributed by atoms with E-state index >= 15 is 0 Å². The lowest BCUT2D eigenvalue weighted by molar-refractivity contribution is -0.151. The van der Waals surface area contributed by atoms with Gasteiger partial charge in [-0.25, -0.2) is 0 Å². The van der Waals surface area contributed by atoms with Crippen LogP contribution in [0.3, 0.4) is 0 Å². The van der Waals surface area contributed by atoms with Crippen LogP contribution < -0.4 is 5.32 Å². The van der Waals surface area contributed by atoms with Gasteiger partial charge in [-0.2, -0.15) is 0 Å². The summed E-state index contributed by atoms with van der Waals surface area (Å²) in [7, 11) is -1.85. The van der Waals surface area contributed by atoms with E-state index in [1.165, 1.54) is 0 Å². The van der Waals surface area contributed by atoms with E-state index in [2.05, 4.69) is 39.2 Å². The number of aliphatic hydroxyl groups is 1. The number of rotatable bonds is 11. The predicted octanol–water partition coefficient (Wildman–Crippen LogP) is 3.70. The fraction of sp³-hybridized carbons (Fsp3) is 0.739. The molecule has 2 rings (SSSR count). The van der Waals surface area contributed by atoms with Crippen LogP contribution in [0.4, 0.5) is 0 Å². The normalized spacial score (nSPS) is 22.9. The Hall–Kier alpha value is -0.803. The quantitative estimate of drug-likeness (QED) is 0.513. The predicted molar refractivity (Wildman–Crippen MR) is 122 cm³/mol. The third kappa shape index (κ3) is 8.03. The van der Waals surface area contributed by atoms with Crippen molar-refractivity contribution in [3.63, 3.8) is 0 Å². The first-order valence-electron chi connectivity index (χ1n) is 10.9. The highest BCUT2D eigenvalue weighted by molar-refractivity contribution is 6.74. The molecule has 0 amide bonds. The molecule has 1 aromatic rings. The summed E-state index contributed by atoms with van der Waals surface area (Å²) in [4.78, 5) is 0. The summed E-state index contributed by atoms with van der Waals surface area (Å²) in [5.74, 6) is -0.642. The summed E-state index contributed by atoms with van der Waals surface area (Å²) >= 11 is 0. The van der Waals surface area contributed by atoms with Crippen LogP contribution in [-0.2, 0) is 25.2 Å². The fourth-order valence-corrected chi connectivity index (χ4v) is 4.10. The monoisotopic (exact) mass is 439 g/mol. The standard InChI is InChI=1S/C23H41NO5Si/c1-22(2,3)30(6,7)27-16-19(25)13-24-14-20-21(29-23(4,5)28-20)17-26-15-18-11-9-8-10-12-18/h8-12,19-21,24-25H,13-17H2,1-7H3/t19?,20-,21-/m0/s1. The number of benzene rings is 1. The highest BCUT2D eigenvalue weighted by Crippen LogP contribution is 2.36. The number of ether oxygens (including phenoxy) is 3. The Morgan fingerprint density at radius 3 is 2.40 bits per heavy atom. The van der Waals surface area contributed by atoms with Crippen LogP contribution in [0.15, 0.2) is 30.3 Å². The lowest BCUT2D eigenvalue weighted by Crippen LogP contribution is -2.45. The molecule has 1 saturated heterocycles. The number of aliphatic hydroxyl groups excluding tert-OH is 1. The van der Waals surface area contributed by atoms with Crippen LogP contribution in [-0.4, -0.2) is 63.8 Å². The summed E-state index contributed by atoms with van der Waals surface area (Å²) in [6.07, 6.45) is -0.844. The zero-order valence-electron chi connectivity index (χ0n) is 19.7. The first-order valence-corrected chi connectivity index (χ1v) is 13.8. The molecule has 1 aromatic carbocycles. The Morgan fingerprint density at radius 1 is 1.13 bits per heavy atom. The van der Waals surface area contributed by atoms with Gasteiger partial charge in [0.2, 0.25) is 0 Å². The zero-order chi connectivity index (χ0) is 22.4. The topological polar surface area (TPSA) is 69.2 Å². The van der Waals surface area contributed by atoms with Gasteiger partial charge in [0, 0.05) is 13.1 Å². The van der Waals surface area contributed by atoms with E-state index in [9.17, 15) is 5.11 Å². The maximum atomic E-state index is 10.3. The molecule has 1 unspecified atom stereocenters. The molecule has 1 fully saturated rings. The second kappa shape index (κ2) is 10.7. The highest BCUT2D eigenvalue weighted by atomic mass is 28.4. The Kier molecular flexibility index (Phi) is 9.06. The van der Waals surface area contributed by atoms with Crippen molar-refractivity contribution in [3.8, 4) is 0 Å². The molecule has 6 nitrogen and oxygen atoms in total. The van der Waals surface area contributed by atoms with Crippen molar-refractivity contribution in [1.29, 1.82) is 0 Å². The third-order valence-corrected chi connectivity index (χ3v) is 10.3. The molecule has 30 heavy (non-hydrogen) atoms. The van der Waals surface area contributed by atoms with Gasteiger partial charge >= 0.3 is 0 Å². The van der Waals surface area contributed by atoms with Gasteiger partial charge in [0.05, 0.1) is 25.9 Å². The molecule has 0 saturated carbocycles. The molecule has 2 N–H and O–H groups in total. The van der Waals surface area contributed by atoms with E-state index in [4.69, 9.17) is 18.6 Å². The van der Waals surface area contributed by atoms with E-state index < -0.39 is 20.2 Å². The molecule has 1 heterocycles. The lowest BCUT2D eigenvalue weighted by atomic mass is 10.2. The smallest absolute Gasteiger partial charge is 0.192 e. The van der Waals surface area contributed by atoms with Gasteiger partial charge in [-0.05, 0) is 37.5 Å². The third-order valence-electron chi connectivity index (χ3n) is 5.85. The largest absolute Gasteiger partial charge is 0.414 e. The Bertz CT molecular complexity index is 632. The molecule has 1 aliphatic heterocycles. The van der Waals surface area contributed by atoms with Crippen LogP contribution in [0.2, 0.25) is 18.1 Å². The van der Waals surface area contributed by atoms with E-state index in [-0.39, 0.29) is 17.2 Å². The van der Waals surface area contributed by atoms with Gasteiger partial charge in [0.15, 0.2) is 14.1 Å². The molecule has 0 aromatic heterocycles. The van der Waals surface area contributed by atoms with Crippen LogP contribution in [0, 0.1) is 0 Å². The first kappa shape index (κ1) is 25.5. The van der Waals surface area contributed by atoms with Gasteiger partial charge in [0.25, 0.3) is 0 Å². The molecule has 172 valence electrons. The van der Waals surface area contributed by atoms with Crippen molar-refractivity contribution in [3.05, 3.63) is 35.9 Å². The van der Waals surface area contributed by atoms with Gasteiger partial charge in [0.1, 0.15) is 12.2 Å². The molecule has 0 spiro atoms. The number of hydrogen-bond acceptors (Lipinski definition) is 6. The van der Waals surface area contributed by atoms with Crippen molar-refractivity contribution in [2.24, 2.45) is 0 Å². The average molecular weight is 440 g/mol. The fourth-order valence-electron chi connectivity index (χ4n) is 3.06. The van der Waals surface area contributed by atoms with Gasteiger partial charge < -0.3 is 29.1 Å². The molecule has 0 bridgehead atoms. The molecular weight excluding hydrogens is 398 g/mol. The van der Waals surface area contributed by atoms with Crippen molar-refractivity contribution < 1.29 is 23.7 Å². The molecule has 1 aliphatic rings. The number of hydrogen-bond donors (Lipinski definition) is 2. The SMILES string of the molecule is CC1(C)O[C@@H](CNCC(O)CO[Si](C)(C)C(C)(C)C)[C@H](COCc2ccccc2)O1. The summed E-state index contributed by atoms with van der Waals surface area (Å²) in [5.41, 5.74) is 1.13. The van der Waals surface area contributed by atoms with Crippen molar-refractivity contribution >= 4 is 8.32 Å². The molecule has 3 atom stereocenters. The maximum Gasteiger partial charge on any atom is 0.192 e. The summed E-state index contributed by atoms with van der Waals surface area (Å²) in [5, 5.41) is 13.8. The van der Waals surface area contributed by atoms with Gasteiger partial charge in [-0.15, -0.1) is 0 Å². The molecule has 7 heteroatoms. The van der Waals surface area contributed by atoms with Gasteiger partial charge in [-0.3, -0.25) is 0 Å². The molecular formula is C23H41NO5Si. The molecule has 0 radical (unpaired) electrons.